The molecule has 16 heteroatoms. The molecule has 0 radical (unpaired) electrons. The van der Waals surface area contributed by atoms with Crippen molar-refractivity contribution in [3.8, 4) is 0 Å². The van der Waals surface area contributed by atoms with Gasteiger partial charge in [-0.3, -0.25) is 0 Å². The molecule has 260 valence electrons. The van der Waals surface area contributed by atoms with E-state index in [-0.39, 0.29) is 25.0 Å². The van der Waals surface area contributed by atoms with Crippen molar-refractivity contribution in [1.29, 1.82) is 0 Å². The molecule has 3 rings (SSSR count). The molecular weight excluding hydrogens is 628 g/mol. The fourth-order valence-electron chi connectivity index (χ4n) is 7.12. The van der Waals surface area contributed by atoms with Crippen molar-refractivity contribution in [2.24, 2.45) is 23.7 Å². The zero-order chi connectivity index (χ0) is 32.9. The Kier molecular flexibility index (Phi) is 12.6. The normalized spacial score (nSPS) is 24.5. The predicted molar refractivity (Wildman–Crippen MR) is 132 cm³/mol. The van der Waals surface area contributed by atoms with Crippen LogP contribution in [0.2, 0.25) is 0 Å². The quantitative estimate of drug-likeness (QED) is 0.118. The zero-order valence-electron chi connectivity index (χ0n) is 24.2. The average molecular weight is 669 g/mol. The molecule has 0 N–H and O–H groups in total. The second-order valence-electron chi connectivity index (χ2n) is 12.3. The first-order valence-corrected chi connectivity index (χ1v) is 15.1. The summed E-state index contributed by atoms with van der Waals surface area (Å²) in [5.74, 6) is -5.17. The van der Waals surface area contributed by atoms with Crippen LogP contribution in [-0.2, 0) is 18.9 Å². The molecule has 0 atom stereocenters. The van der Waals surface area contributed by atoms with Crippen molar-refractivity contribution in [2.75, 3.05) is 26.8 Å². The van der Waals surface area contributed by atoms with Crippen molar-refractivity contribution in [3.05, 3.63) is 0 Å². The van der Waals surface area contributed by atoms with Crippen LogP contribution in [0.15, 0.2) is 0 Å². The van der Waals surface area contributed by atoms with Crippen LogP contribution < -0.4 is 0 Å². The molecule has 3 aliphatic rings. The number of hydrogen-bond donors (Lipinski definition) is 0. The molecule has 0 bridgehead atoms. The van der Waals surface area contributed by atoms with Crippen molar-refractivity contribution >= 4 is 0 Å². The summed E-state index contributed by atoms with van der Waals surface area (Å²) >= 11 is 0. The Morgan fingerprint density at radius 2 is 0.659 bits per heavy atom. The summed E-state index contributed by atoms with van der Waals surface area (Å²) in [4.78, 5) is 0. The number of ether oxygens (including phenoxy) is 4. The molecule has 3 fully saturated rings. The Labute approximate surface area is 248 Å². The fraction of sp³-hybridized carbons (Fsp3) is 1.00. The third kappa shape index (κ3) is 8.28. The van der Waals surface area contributed by atoms with Gasteiger partial charge < -0.3 is 18.9 Å². The summed E-state index contributed by atoms with van der Waals surface area (Å²) < 4.78 is 189. The molecule has 0 heterocycles. The van der Waals surface area contributed by atoms with Crippen LogP contribution in [0, 0.1) is 23.7 Å². The highest BCUT2D eigenvalue weighted by Gasteiger charge is 2.78. The maximum Gasteiger partial charge on any atom is 0.426 e. The maximum absolute atomic E-state index is 14.2. The zero-order valence-corrected chi connectivity index (χ0v) is 24.2. The van der Waals surface area contributed by atoms with Gasteiger partial charge in [-0.2, -0.15) is 52.7 Å². The molecule has 0 aliphatic heterocycles. The van der Waals surface area contributed by atoms with E-state index in [4.69, 9.17) is 9.47 Å². The lowest BCUT2D eigenvalue weighted by atomic mass is 9.67. The number of alkyl halides is 12. The standard InChI is InChI=1S/C28H40F12O4/c29-25(30,31)23(26(32,33)34,43-17-41-15-19-7-3-1-4-8-19)21-11-13-22(14-12-21)24(27(35,36)37,28(38,39)40)44-18-42-16-20-9-5-2-6-10-20/h19-22H,1-18H2. The summed E-state index contributed by atoms with van der Waals surface area (Å²) in [6.45, 7) is -3.07. The van der Waals surface area contributed by atoms with Gasteiger partial charge >= 0.3 is 24.7 Å². The molecule has 0 spiro atoms. The summed E-state index contributed by atoms with van der Waals surface area (Å²) in [6, 6.07) is 0. The average Bonchev–Trinajstić information content (AvgIpc) is 2.92. The molecule has 0 amide bonds. The van der Waals surface area contributed by atoms with E-state index in [1.165, 1.54) is 0 Å². The Balaban J connectivity index is 1.76. The minimum atomic E-state index is -6.09. The molecular formula is C28H40F12O4. The van der Waals surface area contributed by atoms with Gasteiger partial charge in [0, 0.05) is 11.8 Å². The van der Waals surface area contributed by atoms with Crippen molar-refractivity contribution in [2.45, 2.75) is 126 Å². The first kappa shape index (κ1) is 37.5. The Morgan fingerprint density at radius 3 is 0.909 bits per heavy atom. The van der Waals surface area contributed by atoms with Gasteiger partial charge in [-0.15, -0.1) is 0 Å². The van der Waals surface area contributed by atoms with E-state index >= 15 is 0 Å². The third-order valence-electron chi connectivity index (χ3n) is 9.46. The molecule has 44 heavy (non-hydrogen) atoms. The van der Waals surface area contributed by atoms with Gasteiger partial charge in [0.1, 0.15) is 13.6 Å². The highest BCUT2D eigenvalue weighted by Crippen LogP contribution is 2.59. The van der Waals surface area contributed by atoms with E-state index in [1.54, 1.807) is 0 Å². The van der Waals surface area contributed by atoms with Crippen molar-refractivity contribution < 1.29 is 71.6 Å². The van der Waals surface area contributed by atoms with Gasteiger partial charge in [-0.25, -0.2) is 0 Å². The van der Waals surface area contributed by atoms with Gasteiger partial charge in [-0.1, -0.05) is 38.5 Å². The smallest absolute Gasteiger partial charge is 0.355 e. The van der Waals surface area contributed by atoms with E-state index in [0.29, 0.717) is 25.7 Å². The summed E-state index contributed by atoms with van der Waals surface area (Å²) in [6.07, 6.45) is -21.5. The predicted octanol–water partition coefficient (Wildman–Crippen LogP) is 9.66. The van der Waals surface area contributed by atoms with Gasteiger partial charge in [0.15, 0.2) is 0 Å². The minimum Gasteiger partial charge on any atom is -0.355 e. The monoisotopic (exact) mass is 668 g/mol. The molecule has 3 saturated carbocycles. The minimum absolute atomic E-state index is 0.0709. The summed E-state index contributed by atoms with van der Waals surface area (Å²) in [5, 5.41) is 0. The molecule has 0 saturated heterocycles. The summed E-state index contributed by atoms with van der Waals surface area (Å²) in [7, 11) is 0. The van der Waals surface area contributed by atoms with E-state index < -0.39 is 87.0 Å². The van der Waals surface area contributed by atoms with Gasteiger partial charge in [-0.05, 0) is 63.2 Å². The SMILES string of the molecule is FC(F)(F)C(OCOCC1CCCCC1)(C1CCC(C(OCOCC2CCCCC2)(C(F)(F)F)C(F)(F)F)CC1)C(F)(F)F. The molecule has 0 aromatic heterocycles. The van der Waals surface area contributed by atoms with Crippen LogP contribution >= 0.6 is 0 Å². The third-order valence-corrected chi connectivity index (χ3v) is 9.46. The van der Waals surface area contributed by atoms with Gasteiger partial charge in [0.05, 0.1) is 13.2 Å². The first-order valence-electron chi connectivity index (χ1n) is 15.1. The summed E-state index contributed by atoms with van der Waals surface area (Å²) in [5.41, 5.74) is -9.69. The lowest BCUT2D eigenvalue weighted by Crippen LogP contribution is -2.66. The van der Waals surface area contributed by atoms with E-state index in [9.17, 15) is 52.7 Å². The molecule has 3 aliphatic carbocycles. The Bertz CT molecular complexity index is 753. The maximum atomic E-state index is 14.2. The van der Waals surface area contributed by atoms with Gasteiger partial charge in [0.25, 0.3) is 11.2 Å². The Hall–Kier alpha value is -1.00. The second-order valence-corrected chi connectivity index (χ2v) is 12.3. The molecule has 0 unspecified atom stereocenters. The highest BCUT2D eigenvalue weighted by atomic mass is 19.4. The molecule has 0 aromatic carbocycles. The van der Waals surface area contributed by atoms with E-state index in [2.05, 4.69) is 9.47 Å². The highest BCUT2D eigenvalue weighted by molar-refractivity contribution is 5.07. The number of halogens is 12. The van der Waals surface area contributed by atoms with Crippen LogP contribution in [0.1, 0.15) is 89.9 Å². The van der Waals surface area contributed by atoms with Gasteiger partial charge in [0.2, 0.25) is 0 Å². The Morgan fingerprint density at radius 1 is 0.386 bits per heavy atom. The molecule has 4 nitrogen and oxygen atoms in total. The van der Waals surface area contributed by atoms with Crippen LogP contribution in [-0.4, -0.2) is 62.7 Å². The lowest BCUT2D eigenvalue weighted by Gasteiger charge is -2.48. The largest absolute Gasteiger partial charge is 0.426 e. The molecule has 0 aromatic rings. The second kappa shape index (κ2) is 14.8. The van der Waals surface area contributed by atoms with E-state index in [0.717, 1.165) is 38.5 Å². The van der Waals surface area contributed by atoms with Crippen LogP contribution in [0.5, 0.6) is 0 Å². The van der Waals surface area contributed by atoms with E-state index in [1.807, 2.05) is 0 Å². The fourth-order valence-corrected chi connectivity index (χ4v) is 7.12. The van der Waals surface area contributed by atoms with Crippen LogP contribution in [0.25, 0.3) is 0 Å². The topological polar surface area (TPSA) is 36.9 Å². The number of hydrogen-bond acceptors (Lipinski definition) is 4. The number of rotatable bonds is 12. The lowest BCUT2D eigenvalue weighted by molar-refractivity contribution is -0.422. The van der Waals surface area contributed by atoms with Crippen LogP contribution in [0.4, 0.5) is 52.7 Å². The van der Waals surface area contributed by atoms with Crippen molar-refractivity contribution in [1.82, 2.24) is 0 Å². The van der Waals surface area contributed by atoms with Crippen LogP contribution in [0.3, 0.4) is 0 Å². The first-order chi connectivity index (χ1) is 20.4. The van der Waals surface area contributed by atoms with Crippen molar-refractivity contribution in [3.63, 3.8) is 0 Å².